The molecule has 0 N–H and O–H groups in total. The Labute approximate surface area is 120 Å². The number of carbonyl (C=O) groups is 1. The molecule has 0 saturated carbocycles. The number of halogens is 1. The maximum absolute atomic E-state index is 13.5. The van der Waals surface area contributed by atoms with Crippen molar-refractivity contribution in [1.29, 1.82) is 0 Å². The van der Waals surface area contributed by atoms with Crippen molar-refractivity contribution in [2.45, 2.75) is 59.0 Å². The number of ether oxygens (including phenoxy) is 1. The summed E-state index contributed by atoms with van der Waals surface area (Å²) in [6, 6.07) is 4.80. The largest absolute Gasteiger partial charge is 0.454 e. The van der Waals surface area contributed by atoms with Crippen LogP contribution in [0.3, 0.4) is 0 Å². The fourth-order valence-corrected chi connectivity index (χ4v) is 2.60. The fraction of sp³-hybridized carbons (Fsp3) is 0.588. The first-order valence-electron chi connectivity index (χ1n) is 7.31. The number of hydrogen-bond acceptors (Lipinski definition) is 2. The second-order valence-corrected chi connectivity index (χ2v) is 6.51. The van der Waals surface area contributed by atoms with Gasteiger partial charge in [-0.1, -0.05) is 13.0 Å². The molecule has 3 heteroatoms. The molecule has 0 spiro atoms. The Hall–Kier alpha value is -1.38. The summed E-state index contributed by atoms with van der Waals surface area (Å²) in [6.07, 6.45) is 3.34. The summed E-state index contributed by atoms with van der Waals surface area (Å²) in [5.41, 5.74) is 0.693. The van der Waals surface area contributed by atoms with E-state index >= 15 is 0 Å². The molecule has 0 bridgehead atoms. The highest BCUT2D eigenvalue weighted by Crippen LogP contribution is 2.40. The molecule has 0 saturated heterocycles. The van der Waals surface area contributed by atoms with Crippen LogP contribution in [0, 0.1) is 11.2 Å². The van der Waals surface area contributed by atoms with Crippen LogP contribution < -0.4 is 0 Å². The lowest BCUT2D eigenvalue weighted by Crippen LogP contribution is -2.38. The van der Waals surface area contributed by atoms with Crippen LogP contribution in [0.1, 0.15) is 58.1 Å². The molecule has 0 aliphatic heterocycles. The predicted octanol–water partition coefficient (Wildman–Crippen LogP) is 4.36. The topological polar surface area (TPSA) is 26.3 Å². The molecule has 1 aromatic carbocycles. The van der Waals surface area contributed by atoms with Gasteiger partial charge in [0.1, 0.15) is 11.4 Å². The molecular formula is C17H23FO2. The molecule has 0 aromatic heterocycles. The molecule has 2 rings (SSSR count). The Bertz CT molecular complexity index is 522. The summed E-state index contributed by atoms with van der Waals surface area (Å²) in [6.45, 7) is 7.63. The summed E-state index contributed by atoms with van der Waals surface area (Å²) in [7, 11) is 0. The van der Waals surface area contributed by atoms with E-state index in [9.17, 15) is 9.18 Å². The predicted molar refractivity (Wildman–Crippen MR) is 76.9 cm³/mol. The van der Waals surface area contributed by atoms with Crippen LogP contribution in [0.15, 0.2) is 18.2 Å². The van der Waals surface area contributed by atoms with Gasteiger partial charge < -0.3 is 4.74 Å². The van der Waals surface area contributed by atoms with E-state index in [-0.39, 0.29) is 11.8 Å². The van der Waals surface area contributed by atoms with Gasteiger partial charge >= 0.3 is 5.97 Å². The van der Waals surface area contributed by atoms with Crippen LogP contribution in [0.4, 0.5) is 4.39 Å². The van der Waals surface area contributed by atoms with Crippen molar-refractivity contribution in [3.05, 3.63) is 35.1 Å². The van der Waals surface area contributed by atoms with E-state index in [1.54, 1.807) is 6.07 Å². The summed E-state index contributed by atoms with van der Waals surface area (Å²) in [4.78, 5) is 12.3. The second kappa shape index (κ2) is 5.19. The third-order valence-corrected chi connectivity index (χ3v) is 4.50. The lowest BCUT2D eigenvalue weighted by molar-refractivity contribution is -0.172. The molecule has 1 aliphatic carbocycles. The van der Waals surface area contributed by atoms with Crippen LogP contribution in [0.5, 0.6) is 0 Å². The number of fused-ring (bicyclic) bond motifs is 1. The highest BCUT2D eigenvalue weighted by Gasteiger charge is 2.39. The lowest BCUT2D eigenvalue weighted by Gasteiger charge is -2.37. The van der Waals surface area contributed by atoms with Gasteiger partial charge in [0.25, 0.3) is 0 Å². The number of esters is 1. The zero-order valence-electron chi connectivity index (χ0n) is 12.8. The Morgan fingerprint density at radius 1 is 1.45 bits per heavy atom. The Balaban J connectivity index is 2.33. The monoisotopic (exact) mass is 278 g/mol. The van der Waals surface area contributed by atoms with E-state index in [1.807, 2.05) is 27.7 Å². The quantitative estimate of drug-likeness (QED) is 0.768. The first-order chi connectivity index (χ1) is 9.28. The van der Waals surface area contributed by atoms with Crippen LogP contribution in [-0.4, -0.2) is 5.97 Å². The molecule has 2 nitrogen and oxygen atoms in total. The number of carbonyl (C=O) groups excluding carboxylic acids is 1. The van der Waals surface area contributed by atoms with Crippen molar-refractivity contribution >= 4 is 5.97 Å². The van der Waals surface area contributed by atoms with Gasteiger partial charge in [-0.15, -0.1) is 0 Å². The van der Waals surface area contributed by atoms with Crippen molar-refractivity contribution in [2.24, 2.45) is 5.41 Å². The maximum atomic E-state index is 13.5. The minimum atomic E-state index is -0.709. The van der Waals surface area contributed by atoms with Gasteiger partial charge in [-0.05, 0) is 64.2 Å². The van der Waals surface area contributed by atoms with Crippen molar-refractivity contribution in [2.75, 3.05) is 0 Å². The minimum absolute atomic E-state index is 0.209. The van der Waals surface area contributed by atoms with Gasteiger partial charge in [0.05, 0.1) is 5.41 Å². The van der Waals surface area contributed by atoms with Crippen LogP contribution in [-0.2, 0) is 21.6 Å². The summed E-state index contributed by atoms with van der Waals surface area (Å²) < 4.78 is 19.3. The average molecular weight is 278 g/mol. The molecule has 0 radical (unpaired) electrons. The molecular weight excluding hydrogens is 255 g/mol. The van der Waals surface area contributed by atoms with Crippen LogP contribution in [0.25, 0.3) is 0 Å². The summed E-state index contributed by atoms with van der Waals surface area (Å²) >= 11 is 0. The molecule has 1 atom stereocenters. The highest BCUT2D eigenvalue weighted by molar-refractivity contribution is 5.76. The van der Waals surface area contributed by atoms with Gasteiger partial charge in [0.15, 0.2) is 0 Å². The molecule has 0 amide bonds. The molecule has 1 aliphatic rings. The van der Waals surface area contributed by atoms with Crippen LogP contribution in [0.2, 0.25) is 0 Å². The van der Waals surface area contributed by atoms with E-state index in [0.717, 1.165) is 36.8 Å². The highest BCUT2D eigenvalue weighted by atomic mass is 19.1. The first-order valence-corrected chi connectivity index (χ1v) is 7.31. The maximum Gasteiger partial charge on any atom is 0.312 e. The van der Waals surface area contributed by atoms with E-state index in [1.165, 1.54) is 12.1 Å². The Morgan fingerprint density at radius 3 is 2.80 bits per heavy atom. The molecule has 20 heavy (non-hydrogen) atoms. The lowest BCUT2D eigenvalue weighted by atomic mass is 9.79. The first kappa shape index (κ1) is 15.0. The number of rotatable bonds is 3. The third kappa shape index (κ3) is 2.72. The van der Waals surface area contributed by atoms with Gasteiger partial charge in [0.2, 0.25) is 0 Å². The second-order valence-electron chi connectivity index (χ2n) is 6.51. The standard InChI is InChI=1S/C17H23FO2/c1-5-16(2,3)15(19)20-17(4)10-6-7-12-8-9-13(18)11-14(12)17/h8-9,11H,5-7,10H2,1-4H3. The van der Waals surface area contributed by atoms with Crippen molar-refractivity contribution in [3.63, 3.8) is 0 Å². The minimum Gasteiger partial charge on any atom is -0.454 e. The van der Waals surface area contributed by atoms with E-state index in [2.05, 4.69) is 0 Å². The fourth-order valence-electron chi connectivity index (χ4n) is 2.60. The molecule has 0 heterocycles. The SMILES string of the molecule is CCC(C)(C)C(=O)OC1(C)CCCc2ccc(F)cc21. The number of hydrogen-bond donors (Lipinski definition) is 0. The van der Waals surface area contributed by atoms with Gasteiger partial charge in [-0.3, -0.25) is 4.79 Å². The van der Waals surface area contributed by atoms with Gasteiger partial charge in [-0.2, -0.15) is 0 Å². The van der Waals surface area contributed by atoms with Crippen molar-refractivity contribution < 1.29 is 13.9 Å². The molecule has 0 fully saturated rings. The van der Waals surface area contributed by atoms with Crippen LogP contribution >= 0.6 is 0 Å². The zero-order chi connectivity index (χ0) is 15.0. The average Bonchev–Trinajstić information content (AvgIpc) is 2.39. The zero-order valence-corrected chi connectivity index (χ0v) is 12.8. The summed E-state index contributed by atoms with van der Waals surface area (Å²) in [5.74, 6) is -0.484. The molecule has 1 unspecified atom stereocenters. The number of benzene rings is 1. The van der Waals surface area contributed by atoms with Gasteiger partial charge in [0, 0.05) is 5.56 Å². The van der Waals surface area contributed by atoms with Crippen molar-refractivity contribution in [1.82, 2.24) is 0 Å². The normalized spacial score (nSPS) is 22.2. The van der Waals surface area contributed by atoms with E-state index in [4.69, 9.17) is 4.74 Å². The third-order valence-electron chi connectivity index (χ3n) is 4.50. The van der Waals surface area contributed by atoms with Gasteiger partial charge in [-0.25, -0.2) is 4.39 Å². The Morgan fingerprint density at radius 2 is 2.15 bits per heavy atom. The smallest absolute Gasteiger partial charge is 0.312 e. The number of aryl methyl sites for hydroxylation is 1. The van der Waals surface area contributed by atoms with Crippen molar-refractivity contribution in [3.8, 4) is 0 Å². The molecule has 1 aromatic rings. The van der Waals surface area contributed by atoms with E-state index in [0.29, 0.717) is 0 Å². The summed E-state index contributed by atoms with van der Waals surface area (Å²) in [5, 5.41) is 0. The Kier molecular flexibility index (Phi) is 3.90. The van der Waals surface area contributed by atoms with E-state index < -0.39 is 11.0 Å². The molecule has 110 valence electrons.